The van der Waals surface area contributed by atoms with E-state index in [2.05, 4.69) is 34.4 Å². The predicted molar refractivity (Wildman–Crippen MR) is 58.4 cm³/mol. The minimum absolute atomic E-state index is 0.213. The molecule has 5 nitrogen and oxygen atoms in total. The maximum atomic E-state index is 3.94. The van der Waals surface area contributed by atoms with E-state index >= 15 is 0 Å². The molecular formula is C10H19N5. The van der Waals surface area contributed by atoms with E-state index in [1.54, 1.807) is 0 Å². The molecule has 1 aliphatic heterocycles. The smallest absolute Gasteiger partial charge is 0.0738 e. The zero-order chi connectivity index (χ0) is 10.9. The van der Waals surface area contributed by atoms with Crippen molar-refractivity contribution in [2.24, 2.45) is 7.05 Å². The van der Waals surface area contributed by atoms with Gasteiger partial charge >= 0.3 is 0 Å². The van der Waals surface area contributed by atoms with Crippen molar-refractivity contribution in [2.75, 3.05) is 19.6 Å². The third-order valence-corrected chi connectivity index (χ3v) is 2.84. The lowest BCUT2D eigenvalue weighted by molar-refractivity contribution is 0.145. The third kappa shape index (κ3) is 2.54. The fourth-order valence-corrected chi connectivity index (χ4v) is 2.06. The third-order valence-electron chi connectivity index (χ3n) is 2.84. The molecule has 2 heterocycles. The van der Waals surface area contributed by atoms with Gasteiger partial charge in [0.1, 0.15) is 0 Å². The summed E-state index contributed by atoms with van der Waals surface area (Å²) in [7, 11) is 1.94. The molecule has 1 aromatic rings. The quantitative estimate of drug-likeness (QED) is 0.744. The SMILES string of the molecule is Cn1nncc1CN1CCNC(C)(C)C1. The molecule has 5 heteroatoms. The highest BCUT2D eigenvalue weighted by molar-refractivity contribution is 4.96. The molecule has 0 saturated carbocycles. The van der Waals surface area contributed by atoms with Gasteiger partial charge in [0.05, 0.1) is 11.9 Å². The van der Waals surface area contributed by atoms with E-state index in [1.165, 1.54) is 5.69 Å². The summed E-state index contributed by atoms with van der Waals surface area (Å²) < 4.78 is 1.84. The van der Waals surface area contributed by atoms with Crippen LogP contribution in [-0.2, 0) is 13.6 Å². The van der Waals surface area contributed by atoms with Crippen LogP contribution in [0.2, 0.25) is 0 Å². The van der Waals surface area contributed by atoms with Crippen molar-refractivity contribution in [3.05, 3.63) is 11.9 Å². The van der Waals surface area contributed by atoms with Crippen LogP contribution in [0.25, 0.3) is 0 Å². The highest BCUT2D eigenvalue weighted by atomic mass is 15.4. The summed E-state index contributed by atoms with van der Waals surface area (Å²) in [6, 6.07) is 0. The average Bonchev–Trinajstić information content (AvgIpc) is 2.50. The van der Waals surface area contributed by atoms with Gasteiger partial charge in [-0.2, -0.15) is 0 Å². The zero-order valence-electron chi connectivity index (χ0n) is 9.69. The van der Waals surface area contributed by atoms with Gasteiger partial charge in [-0.05, 0) is 13.8 Å². The van der Waals surface area contributed by atoms with Crippen LogP contribution in [0.15, 0.2) is 6.20 Å². The Hall–Kier alpha value is -0.940. The maximum absolute atomic E-state index is 3.94. The van der Waals surface area contributed by atoms with Crippen LogP contribution in [0.4, 0.5) is 0 Å². The van der Waals surface area contributed by atoms with Crippen molar-refractivity contribution in [3.63, 3.8) is 0 Å². The van der Waals surface area contributed by atoms with Gasteiger partial charge in [0.25, 0.3) is 0 Å². The summed E-state index contributed by atoms with van der Waals surface area (Å²) in [5.41, 5.74) is 1.39. The molecule has 0 unspecified atom stereocenters. The lowest BCUT2D eigenvalue weighted by atomic mass is 10.0. The van der Waals surface area contributed by atoms with Gasteiger partial charge in [-0.3, -0.25) is 9.58 Å². The Kier molecular flexibility index (Phi) is 2.75. The number of aromatic nitrogens is 3. The van der Waals surface area contributed by atoms with Gasteiger partial charge in [-0.25, -0.2) is 0 Å². The Bertz CT molecular complexity index is 330. The van der Waals surface area contributed by atoms with Gasteiger partial charge in [0.2, 0.25) is 0 Å². The number of hydrogen-bond acceptors (Lipinski definition) is 4. The van der Waals surface area contributed by atoms with Crippen molar-refractivity contribution in [3.8, 4) is 0 Å². The molecule has 0 aliphatic carbocycles. The highest BCUT2D eigenvalue weighted by Gasteiger charge is 2.25. The molecule has 0 spiro atoms. The minimum atomic E-state index is 0.213. The van der Waals surface area contributed by atoms with Gasteiger partial charge in [-0.1, -0.05) is 5.21 Å². The number of nitrogens with zero attached hydrogens (tertiary/aromatic N) is 4. The molecule has 0 aromatic carbocycles. The van der Waals surface area contributed by atoms with E-state index in [-0.39, 0.29) is 5.54 Å². The molecule has 15 heavy (non-hydrogen) atoms. The molecule has 1 aromatic heterocycles. The standard InChI is InChI=1S/C10H19N5/c1-10(2)8-15(5-4-11-10)7-9-6-12-13-14(9)3/h6,11H,4-5,7-8H2,1-3H3. The first-order valence-electron chi connectivity index (χ1n) is 5.38. The molecule has 0 atom stereocenters. The Labute approximate surface area is 90.5 Å². The first-order chi connectivity index (χ1) is 7.07. The van der Waals surface area contributed by atoms with Crippen LogP contribution < -0.4 is 5.32 Å². The first-order valence-corrected chi connectivity index (χ1v) is 5.38. The minimum Gasteiger partial charge on any atom is -0.309 e. The van der Waals surface area contributed by atoms with Gasteiger partial charge in [0, 0.05) is 38.8 Å². The lowest BCUT2D eigenvalue weighted by Crippen LogP contribution is -2.56. The Morgan fingerprint density at radius 1 is 1.53 bits per heavy atom. The van der Waals surface area contributed by atoms with E-state index < -0.39 is 0 Å². The molecule has 1 fully saturated rings. The lowest BCUT2D eigenvalue weighted by Gasteiger charge is -2.38. The molecule has 1 saturated heterocycles. The molecule has 0 bridgehead atoms. The van der Waals surface area contributed by atoms with E-state index in [1.807, 2.05) is 17.9 Å². The van der Waals surface area contributed by atoms with E-state index in [4.69, 9.17) is 0 Å². The van der Waals surface area contributed by atoms with Crippen LogP contribution in [0, 0.1) is 0 Å². The van der Waals surface area contributed by atoms with Gasteiger partial charge in [0.15, 0.2) is 0 Å². The van der Waals surface area contributed by atoms with Gasteiger partial charge < -0.3 is 5.32 Å². The topological polar surface area (TPSA) is 46.0 Å². The van der Waals surface area contributed by atoms with Gasteiger partial charge in [-0.15, -0.1) is 5.10 Å². The predicted octanol–water partition coefficient (Wildman–Crippen LogP) is -0.00110. The largest absolute Gasteiger partial charge is 0.309 e. The van der Waals surface area contributed by atoms with Crippen molar-refractivity contribution in [1.82, 2.24) is 25.2 Å². The molecule has 1 N–H and O–H groups in total. The summed E-state index contributed by atoms with van der Waals surface area (Å²) in [5, 5.41) is 11.3. The maximum Gasteiger partial charge on any atom is 0.0738 e. The Balaban J connectivity index is 1.98. The second kappa shape index (κ2) is 3.90. The first kappa shape index (κ1) is 10.6. The zero-order valence-corrected chi connectivity index (χ0v) is 9.69. The number of piperazine rings is 1. The van der Waals surface area contributed by atoms with Crippen LogP contribution in [-0.4, -0.2) is 45.1 Å². The molecule has 84 valence electrons. The molecular weight excluding hydrogens is 190 g/mol. The summed E-state index contributed by atoms with van der Waals surface area (Å²) in [6.45, 7) is 8.63. The van der Waals surface area contributed by atoms with Crippen LogP contribution in [0.5, 0.6) is 0 Å². The fraction of sp³-hybridized carbons (Fsp3) is 0.800. The fourth-order valence-electron chi connectivity index (χ4n) is 2.06. The summed E-state index contributed by atoms with van der Waals surface area (Å²) in [6.07, 6.45) is 1.84. The normalized spacial score (nSPS) is 21.8. The average molecular weight is 209 g/mol. The summed E-state index contributed by atoms with van der Waals surface area (Å²) in [5.74, 6) is 0. The Morgan fingerprint density at radius 3 is 2.93 bits per heavy atom. The second-order valence-electron chi connectivity index (χ2n) is 4.87. The number of hydrogen-bond donors (Lipinski definition) is 1. The summed E-state index contributed by atoms with van der Waals surface area (Å²) >= 11 is 0. The van der Waals surface area contributed by atoms with E-state index in [0.29, 0.717) is 0 Å². The van der Waals surface area contributed by atoms with Crippen molar-refractivity contribution >= 4 is 0 Å². The van der Waals surface area contributed by atoms with Crippen LogP contribution in [0.1, 0.15) is 19.5 Å². The number of aryl methyl sites for hydroxylation is 1. The highest BCUT2D eigenvalue weighted by Crippen LogP contribution is 2.12. The van der Waals surface area contributed by atoms with Crippen LogP contribution >= 0.6 is 0 Å². The molecule has 2 rings (SSSR count). The van der Waals surface area contributed by atoms with Crippen LogP contribution in [0.3, 0.4) is 0 Å². The number of rotatable bonds is 2. The number of nitrogens with one attached hydrogen (secondary N) is 1. The second-order valence-corrected chi connectivity index (χ2v) is 4.87. The molecule has 1 aliphatic rings. The van der Waals surface area contributed by atoms with Crippen molar-refractivity contribution < 1.29 is 0 Å². The van der Waals surface area contributed by atoms with E-state index in [0.717, 1.165) is 26.2 Å². The molecule has 0 amide bonds. The monoisotopic (exact) mass is 209 g/mol. The van der Waals surface area contributed by atoms with Crippen molar-refractivity contribution in [2.45, 2.75) is 25.9 Å². The molecule has 0 radical (unpaired) electrons. The Morgan fingerprint density at radius 2 is 2.33 bits per heavy atom. The summed E-state index contributed by atoms with van der Waals surface area (Å²) in [4.78, 5) is 2.44. The van der Waals surface area contributed by atoms with Crippen molar-refractivity contribution in [1.29, 1.82) is 0 Å². The van der Waals surface area contributed by atoms with E-state index in [9.17, 15) is 0 Å².